The molecule has 0 saturated carbocycles. The smallest absolute Gasteiger partial charge is 0.243 e. The van der Waals surface area contributed by atoms with E-state index in [0.717, 1.165) is 22.4 Å². The van der Waals surface area contributed by atoms with Crippen molar-refractivity contribution in [3.05, 3.63) is 95.6 Å². The Hall–Kier alpha value is -4.14. The van der Waals surface area contributed by atoms with Crippen LogP contribution >= 0.6 is 11.8 Å². The van der Waals surface area contributed by atoms with Crippen LogP contribution in [0.25, 0.3) is 5.69 Å². The number of ether oxygens (including phenoxy) is 2. The second-order valence-corrected chi connectivity index (χ2v) is 11.6. The Kier molecular flexibility index (Phi) is 11.6. The minimum atomic E-state index is -0.688. The molecule has 5 rings (SSSR count). The van der Waals surface area contributed by atoms with Crippen LogP contribution in [0.3, 0.4) is 0 Å². The molecule has 2 amide bonds. The summed E-state index contributed by atoms with van der Waals surface area (Å²) in [5.41, 5.74) is 5.68. The fourth-order valence-electron chi connectivity index (χ4n) is 4.98. The Morgan fingerprint density at radius 2 is 1.69 bits per heavy atom. The number of benzene rings is 3. The fraction of sp³-hybridized carbons (Fsp3) is 0.344. The van der Waals surface area contributed by atoms with E-state index >= 15 is 0 Å². The fourth-order valence-corrected chi connectivity index (χ4v) is 5.89. The maximum absolute atomic E-state index is 12.6. The van der Waals surface area contributed by atoms with E-state index in [1.54, 1.807) is 10.2 Å². The van der Waals surface area contributed by atoms with Crippen molar-refractivity contribution in [3.8, 4) is 5.69 Å². The number of carbonyl (C=O) groups excluding carboxylic acids is 2. The van der Waals surface area contributed by atoms with E-state index in [2.05, 4.69) is 20.8 Å². The Balaban J connectivity index is 1.26. The number of para-hydroxylation sites is 1. The molecule has 13 heteroatoms. The zero-order chi connectivity index (χ0) is 31.4. The number of carbonyl (C=O) groups is 2. The summed E-state index contributed by atoms with van der Waals surface area (Å²) in [5.74, 6) is 0.0203. The number of amides is 2. The number of anilines is 1. The molecule has 0 radical (unpaired) electrons. The number of aliphatic hydroxyl groups excluding tert-OH is 1. The highest BCUT2D eigenvalue weighted by Crippen LogP contribution is 2.40. The molecule has 1 aromatic heterocycles. The van der Waals surface area contributed by atoms with Crippen LogP contribution in [0.4, 0.5) is 5.69 Å². The second-order valence-electron chi connectivity index (χ2n) is 10.6. The summed E-state index contributed by atoms with van der Waals surface area (Å²) in [6, 6.07) is 24.8. The van der Waals surface area contributed by atoms with E-state index in [-0.39, 0.29) is 31.1 Å². The van der Waals surface area contributed by atoms with Crippen molar-refractivity contribution in [1.82, 2.24) is 25.7 Å². The number of hydrogen-bond donors (Lipinski definition) is 4. The average molecular weight is 633 g/mol. The normalized spacial score (nSPS) is 18.0. The van der Waals surface area contributed by atoms with Crippen LogP contribution in [0, 0.1) is 0 Å². The van der Waals surface area contributed by atoms with Gasteiger partial charge in [-0.15, -0.1) is 5.10 Å². The molecule has 1 saturated heterocycles. The summed E-state index contributed by atoms with van der Waals surface area (Å²) >= 11 is 1.50. The third-order valence-electron chi connectivity index (χ3n) is 7.33. The van der Waals surface area contributed by atoms with Gasteiger partial charge in [0.05, 0.1) is 24.5 Å². The molecule has 2 heterocycles. The molecule has 4 N–H and O–H groups in total. The molecule has 3 unspecified atom stereocenters. The highest BCUT2D eigenvalue weighted by molar-refractivity contribution is 7.99. The SMILES string of the molecule is O=C(CCCCCC(=O)Nc1cccc(C2OC(CSc3nnnn3-c3ccccc3)CC(c3ccc(CO)cc3)O2)c1)NO. The average Bonchev–Trinajstić information content (AvgIpc) is 3.56. The van der Waals surface area contributed by atoms with Gasteiger partial charge in [-0.05, 0) is 58.7 Å². The third kappa shape index (κ3) is 9.19. The van der Waals surface area contributed by atoms with Gasteiger partial charge in [-0.2, -0.15) is 4.68 Å². The molecule has 0 spiro atoms. The third-order valence-corrected chi connectivity index (χ3v) is 8.38. The number of nitrogens with zero attached hydrogens (tertiary/aromatic N) is 4. The minimum Gasteiger partial charge on any atom is -0.392 e. The van der Waals surface area contributed by atoms with Gasteiger partial charge in [-0.25, -0.2) is 5.48 Å². The van der Waals surface area contributed by atoms with Crippen LogP contribution in [0.2, 0.25) is 0 Å². The van der Waals surface area contributed by atoms with Crippen LogP contribution in [0.1, 0.15) is 67.6 Å². The highest BCUT2D eigenvalue weighted by atomic mass is 32.2. The van der Waals surface area contributed by atoms with E-state index in [1.165, 1.54) is 11.8 Å². The van der Waals surface area contributed by atoms with Gasteiger partial charge in [0.15, 0.2) is 6.29 Å². The Morgan fingerprint density at radius 1 is 0.911 bits per heavy atom. The van der Waals surface area contributed by atoms with Crippen LogP contribution in [0.15, 0.2) is 84.0 Å². The number of aliphatic hydroxyl groups is 1. The molecule has 1 aliphatic heterocycles. The zero-order valence-electron chi connectivity index (χ0n) is 24.6. The molecule has 1 aliphatic rings. The summed E-state index contributed by atoms with van der Waals surface area (Å²) < 4.78 is 14.6. The molecule has 0 aliphatic carbocycles. The number of aromatic nitrogens is 4. The van der Waals surface area contributed by atoms with E-state index in [4.69, 9.17) is 14.7 Å². The predicted molar refractivity (Wildman–Crippen MR) is 166 cm³/mol. The number of nitrogens with one attached hydrogen (secondary N) is 2. The number of rotatable bonds is 14. The second kappa shape index (κ2) is 16.3. The number of tetrazole rings is 1. The number of hydrogen-bond acceptors (Lipinski definition) is 10. The van der Waals surface area contributed by atoms with E-state index in [9.17, 15) is 14.7 Å². The molecule has 0 bridgehead atoms. The lowest BCUT2D eigenvalue weighted by Gasteiger charge is -2.36. The predicted octanol–water partition coefficient (Wildman–Crippen LogP) is 4.89. The first kappa shape index (κ1) is 32.3. The molecule has 1 fully saturated rings. The molecule has 4 aromatic rings. The van der Waals surface area contributed by atoms with Gasteiger partial charge in [-0.3, -0.25) is 14.8 Å². The number of unbranched alkanes of at least 4 members (excludes halogenated alkanes) is 2. The van der Waals surface area contributed by atoms with Crippen molar-refractivity contribution in [2.75, 3.05) is 11.1 Å². The molecular formula is C32H36N6O6S. The van der Waals surface area contributed by atoms with Gasteiger partial charge in [-0.1, -0.05) is 72.8 Å². The van der Waals surface area contributed by atoms with E-state index < -0.39 is 12.2 Å². The van der Waals surface area contributed by atoms with Crippen molar-refractivity contribution < 1.29 is 29.4 Å². The van der Waals surface area contributed by atoms with Crippen molar-refractivity contribution >= 4 is 29.3 Å². The van der Waals surface area contributed by atoms with Crippen molar-refractivity contribution in [2.24, 2.45) is 0 Å². The van der Waals surface area contributed by atoms with Crippen LogP contribution in [0.5, 0.6) is 0 Å². The lowest BCUT2D eigenvalue weighted by atomic mass is 10.0. The maximum Gasteiger partial charge on any atom is 0.243 e. The number of thioether (sulfide) groups is 1. The molecule has 12 nitrogen and oxygen atoms in total. The first-order valence-corrected chi connectivity index (χ1v) is 15.8. The molecule has 3 atom stereocenters. The summed E-state index contributed by atoms with van der Waals surface area (Å²) in [4.78, 5) is 23.7. The van der Waals surface area contributed by atoms with E-state index in [1.807, 2.05) is 78.9 Å². The number of hydroxylamine groups is 1. The summed E-state index contributed by atoms with van der Waals surface area (Å²) in [6.45, 7) is -0.0354. The molecular weight excluding hydrogens is 596 g/mol. The van der Waals surface area contributed by atoms with Gasteiger partial charge in [0, 0.05) is 36.3 Å². The van der Waals surface area contributed by atoms with Crippen LogP contribution < -0.4 is 10.8 Å². The molecule has 45 heavy (non-hydrogen) atoms. The Morgan fingerprint density at radius 3 is 2.44 bits per heavy atom. The summed E-state index contributed by atoms with van der Waals surface area (Å²) in [5, 5.41) is 33.9. The first-order valence-electron chi connectivity index (χ1n) is 14.8. The zero-order valence-corrected chi connectivity index (χ0v) is 25.4. The van der Waals surface area contributed by atoms with Crippen molar-refractivity contribution in [2.45, 2.75) is 68.8 Å². The molecule has 3 aromatic carbocycles. The van der Waals surface area contributed by atoms with Crippen LogP contribution in [-0.2, 0) is 25.7 Å². The Bertz CT molecular complexity index is 1540. The van der Waals surface area contributed by atoms with Crippen molar-refractivity contribution in [3.63, 3.8) is 0 Å². The highest BCUT2D eigenvalue weighted by Gasteiger charge is 2.33. The van der Waals surface area contributed by atoms with Gasteiger partial charge in [0.2, 0.25) is 17.0 Å². The quantitative estimate of drug-likeness (QED) is 0.0652. The summed E-state index contributed by atoms with van der Waals surface area (Å²) in [6.07, 6.45) is 1.90. The monoisotopic (exact) mass is 632 g/mol. The van der Waals surface area contributed by atoms with Gasteiger partial charge in [0.1, 0.15) is 0 Å². The van der Waals surface area contributed by atoms with Crippen molar-refractivity contribution in [1.29, 1.82) is 0 Å². The standard InChI is InChI=1S/C32H36N6O6S/c39-20-22-14-16-23(17-15-22)28-19-27(21-45-32-34-36-37-38(32)26-10-3-1-4-11-26)43-31(44-28)24-8-7-9-25(18-24)33-29(40)12-5-2-6-13-30(41)35-42/h1,3-4,7-11,14-18,27-28,31,39,42H,2,5-6,12-13,19-21H2,(H,33,40)(H,35,41). The maximum atomic E-state index is 12.6. The topological polar surface area (TPSA) is 161 Å². The lowest BCUT2D eigenvalue weighted by Crippen LogP contribution is -2.31. The molecule has 236 valence electrons. The van der Waals surface area contributed by atoms with Gasteiger partial charge < -0.3 is 19.9 Å². The minimum absolute atomic E-state index is 0.0354. The van der Waals surface area contributed by atoms with Gasteiger partial charge in [0.25, 0.3) is 0 Å². The van der Waals surface area contributed by atoms with Gasteiger partial charge >= 0.3 is 0 Å². The first-order chi connectivity index (χ1) is 22.0. The van der Waals surface area contributed by atoms with Crippen LogP contribution in [-0.4, -0.2) is 54.2 Å². The Labute approximate surface area is 265 Å². The largest absolute Gasteiger partial charge is 0.392 e. The summed E-state index contributed by atoms with van der Waals surface area (Å²) in [7, 11) is 0. The lowest BCUT2D eigenvalue weighted by molar-refractivity contribution is -0.245. The van der Waals surface area contributed by atoms with E-state index in [0.29, 0.717) is 48.7 Å².